The summed E-state index contributed by atoms with van der Waals surface area (Å²) < 4.78 is 5.72. The van der Waals surface area contributed by atoms with Crippen LogP contribution in [0.5, 0.6) is 5.75 Å². The van der Waals surface area contributed by atoms with E-state index in [1.807, 2.05) is 24.3 Å². The standard InChI is InChI=1S/C17H11IN8O4/c18-10-1-3-11(4-2-10)20-14-15(22-17-16(21-14)24-30-25-17)23-19-8-9-7-12(26(28)29)5-6-13(9)27/h1-8,27H,(H,20,21,24)(H,22,23,25)/b19-8-. The van der Waals surface area contributed by atoms with Crippen molar-refractivity contribution in [1.29, 1.82) is 0 Å². The first-order chi connectivity index (χ1) is 14.5. The predicted molar refractivity (Wildman–Crippen MR) is 116 cm³/mol. The molecule has 0 unspecified atom stereocenters. The van der Waals surface area contributed by atoms with Gasteiger partial charge in [0.25, 0.3) is 5.69 Å². The molecule has 0 atom stereocenters. The molecule has 3 N–H and O–H groups in total. The second kappa shape index (κ2) is 8.24. The molecule has 2 aromatic heterocycles. The maximum atomic E-state index is 10.9. The molecule has 0 fully saturated rings. The Morgan fingerprint density at radius 2 is 1.80 bits per heavy atom. The van der Waals surface area contributed by atoms with Gasteiger partial charge < -0.3 is 10.4 Å². The van der Waals surface area contributed by atoms with Gasteiger partial charge in [0.1, 0.15) is 5.75 Å². The van der Waals surface area contributed by atoms with E-state index >= 15 is 0 Å². The molecule has 0 aliphatic heterocycles. The van der Waals surface area contributed by atoms with Crippen LogP contribution < -0.4 is 10.7 Å². The van der Waals surface area contributed by atoms with E-state index in [4.69, 9.17) is 0 Å². The van der Waals surface area contributed by atoms with Crippen molar-refractivity contribution < 1.29 is 14.7 Å². The number of phenols is 1. The highest BCUT2D eigenvalue weighted by molar-refractivity contribution is 14.1. The molecule has 13 heteroatoms. The molecule has 0 bridgehead atoms. The molecule has 0 spiro atoms. The Morgan fingerprint density at radius 1 is 1.10 bits per heavy atom. The van der Waals surface area contributed by atoms with Crippen molar-refractivity contribution in [2.45, 2.75) is 0 Å². The van der Waals surface area contributed by atoms with E-state index in [1.54, 1.807) is 0 Å². The minimum absolute atomic E-state index is 0.154. The van der Waals surface area contributed by atoms with Crippen molar-refractivity contribution in [3.8, 4) is 5.75 Å². The minimum atomic E-state index is -0.565. The van der Waals surface area contributed by atoms with Crippen LogP contribution in [0.15, 0.2) is 52.2 Å². The number of nitro groups is 1. The molecule has 30 heavy (non-hydrogen) atoms. The van der Waals surface area contributed by atoms with Gasteiger partial charge in [-0.2, -0.15) is 10.1 Å². The smallest absolute Gasteiger partial charge is 0.270 e. The third-order valence-electron chi connectivity index (χ3n) is 3.82. The van der Waals surface area contributed by atoms with Crippen molar-refractivity contribution in [1.82, 2.24) is 20.3 Å². The van der Waals surface area contributed by atoms with Crippen LogP contribution in [0.2, 0.25) is 0 Å². The number of fused-ring (bicyclic) bond motifs is 1. The van der Waals surface area contributed by atoms with E-state index in [2.05, 4.69) is 63.3 Å². The predicted octanol–water partition coefficient (Wildman–Crippen LogP) is 3.42. The van der Waals surface area contributed by atoms with Crippen LogP contribution in [0.25, 0.3) is 11.3 Å². The lowest BCUT2D eigenvalue weighted by molar-refractivity contribution is -0.384. The molecule has 12 nitrogen and oxygen atoms in total. The third-order valence-corrected chi connectivity index (χ3v) is 4.54. The number of aromatic nitrogens is 4. The molecule has 0 radical (unpaired) electrons. The molecule has 0 saturated heterocycles. The van der Waals surface area contributed by atoms with Crippen molar-refractivity contribution in [3.63, 3.8) is 0 Å². The first-order valence-electron chi connectivity index (χ1n) is 8.29. The van der Waals surface area contributed by atoms with Crippen molar-refractivity contribution in [2.24, 2.45) is 5.10 Å². The van der Waals surface area contributed by atoms with Crippen molar-refractivity contribution in [3.05, 3.63) is 61.7 Å². The third kappa shape index (κ3) is 4.24. The largest absolute Gasteiger partial charge is 0.507 e. The highest BCUT2D eigenvalue weighted by atomic mass is 127. The van der Waals surface area contributed by atoms with Crippen LogP contribution in [0.1, 0.15) is 5.56 Å². The van der Waals surface area contributed by atoms with Gasteiger partial charge in [0.2, 0.25) is 11.3 Å². The maximum absolute atomic E-state index is 10.9. The quantitative estimate of drug-likeness (QED) is 0.149. The first-order valence-corrected chi connectivity index (χ1v) is 9.37. The number of anilines is 3. The Balaban J connectivity index is 1.63. The molecule has 0 saturated carbocycles. The summed E-state index contributed by atoms with van der Waals surface area (Å²) in [5, 5.41) is 35.2. The Bertz CT molecular complexity index is 1260. The monoisotopic (exact) mass is 518 g/mol. The lowest BCUT2D eigenvalue weighted by Gasteiger charge is -2.09. The number of non-ortho nitro benzene ring substituents is 1. The fraction of sp³-hybridized carbons (Fsp3) is 0. The van der Waals surface area contributed by atoms with E-state index < -0.39 is 4.92 Å². The van der Waals surface area contributed by atoms with Crippen molar-refractivity contribution in [2.75, 3.05) is 10.7 Å². The van der Waals surface area contributed by atoms with Crippen LogP contribution in [0.4, 0.5) is 23.0 Å². The fourth-order valence-corrected chi connectivity index (χ4v) is 2.75. The average molecular weight is 518 g/mol. The number of nitro benzene ring substituents is 1. The zero-order valence-electron chi connectivity index (χ0n) is 14.9. The van der Waals surface area contributed by atoms with Crippen molar-refractivity contribution >= 4 is 63.1 Å². The zero-order chi connectivity index (χ0) is 21.1. The summed E-state index contributed by atoms with van der Waals surface area (Å²) in [6, 6.07) is 11.2. The highest BCUT2D eigenvalue weighted by Crippen LogP contribution is 2.25. The van der Waals surface area contributed by atoms with Gasteiger partial charge in [-0.3, -0.25) is 15.5 Å². The molecule has 2 aromatic carbocycles. The van der Waals surface area contributed by atoms with Crippen LogP contribution in [-0.2, 0) is 0 Å². The summed E-state index contributed by atoms with van der Waals surface area (Å²) in [5.74, 6) is 0.350. The van der Waals surface area contributed by atoms with Crippen LogP contribution in [0, 0.1) is 13.7 Å². The number of hydrogen-bond acceptors (Lipinski definition) is 11. The minimum Gasteiger partial charge on any atom is -0.507 e. The van der Waals surface area contributed by atoms with Gasteiger partial charge in [-0.15, -0.1) is 0 Å². The normalized spacial score (nSPS) is 11.1. The maximum Gasteiger partial charge on any atom is 0.270 e. The fourth-order valence-electron chi connectivity index (χ4n) is 2.39. The summed E-state index contributed by atoms with van der Waals surface area (Å²) in [6.07, 6.45) is 1.23. The number of aromatic hydroxyl groups is 1. The number of hydrogen-bond donors (Lipinski definition) is 3. The van der Waals surface area contributed by atoms with E-state index in [0.717, 1.165) is 9.26 Å². The van der Waals surface area contributed by atoms with E-state index in [1.165, 1.54) is 24.4 Å². The summed E-state index contributed by atoms with van der Waals surface area (Å²) in [6.45, 7) is 0. The van der Waals surface area contributed by atoms with Crippen LogP contribution >= 0.6 is 22.6 Å². The van der Waals surface area contributed by atoms with Gasteiger partial charge in [0, 0.05) is 27.0 Å². The van der Waals surface area contributed by atoms with Crippen LogP contribution in [-0.4, -0.2) is 36.5 Å². The lowest BCUT2D eigenvalue weighted by Crippen LogP contribution is -2.03. The van der Waals surface area contributed by atoms with E-state index in [9.17, 15) is 15.2 Å². The molecule has 0 amide bonds. The molecule has 4 aromatic rings. The topological polar surface area (TPSA) is 164 Å². The number of hydrazone groups is 1. The number of benzene rings is 2. The Kier molecular flexibility index (Phi) is 5.34. The molecular formula is C17H11IN8O4. The number of nitrogens with zero attached hydrogens (tertiary/aromatic N) is 6. The number of rotatable bonds is 6. The van der Waals surface area contributed by atoms with E-state index in [0.29, 0.717) is 5.82 Å². The Labute approximate surface area is 181 Å². The molecule has 0 aliphatic carbocycles. The van der Waals surface area contributed by atoms with Gasteiger partial charge in [-0.05, 0) is 63.2 Å². The van der Waals surface area contributed by atoms with Gasteiger partial charge in [-0.1, -0.05) is 0 Å². The SMILES string of the molecule is O=[N+]([O-])c1ccc(O)c(/C=N\Nc2nc3nonc3nc2Nc2ccc(I)cc2)c1. The lowest BCUT2D eigenvalue weighted by atomic mass is 10.2. The second-order valence-corrected chi connectivity index (χ2v) is 7.08. The van der Waals surface area contributed by atoms with E-state index in [-0.39, 0.29) is 34.1 Å². The van der Waals surface area contributed by atoms with Gasteiger partial charge in [0.05, 0.1) is 11.1 Å². The zero-order valence-corrected chi connectivity index (χ0v) is 17.0. The Morgan fingerprint density at radius 3 is 2.50 bits per heavy atom. The number of nitrogens with one attached hydrogen (secondary N) is 2. The molecule has 150 valence electrons. The van der Waals surface area contributed by atoms with Crippen LogP contribution in [0.3, 0.4) is 0 Å². The first kappa shape index (κ1) is 19.4. The summed E-state index contributed by atoms with van der Waals surface area (Å²) in [4.78, 5) is 18.9. The molecule has 2 heterocycles. The van der Waals surface area contributed by atoms with Gasteiger partial charge >= 0.3 is 0 Å². The highest BCUT2D eigenvalue weighted by Gasteiger charge is 2.13. The summed E-state index contributed by atoms with van der Waals surface area (Å²) in [5.41, 5.74) is 3.79. The number of phenolic OH excluding ortho intramolecular Hbond substituents is 1. The molecule has 4 rings (SSSR count). The molecule has 0 aliphatic rings. The van der Waals surface area contributed by atoms with Gasteiger partial charge in [0.15, 0.2) is 11.6 Å². The van der Waals surface area contributed by atoms with Gasteiger partial charge in [-0.25, -0.2) is 9.61 Å². The summed E-state index contributed by atoms with van der Waals surface area (Å²) in [7, 11) is 0. The Hall–Kier alpha value is -3.88. The average Bonchev–Trinajstić information content (AvgIpc) is 3.18. The number of halogens is 1. The summed E-state index contributed by atoms with van der Waals surface area (Å²) >= 11 is 2.20. The second-order valence-electron chi connectivity index (χ2n) is 5.83. The molecular weight excluding hydrogens is 507 g/mol.